The van der Waals surface area contributed by atoms with E-state index >= 15 is 0 Å². The minimum atomic E-state index is 0.0357. The van der Waals surface area contributed by atoms with Gasteiger partial charge in [0, 0.05) is 0 Å². The van der Waals surface area contributed by atoms with E-state index < -0.39 is 0 Å². The molecule has 0 aromatic rings. The fourth-order valence-corrected chi connectivity index (χ4v) is 4.95. The van der Waals surface area contributed by atoms with Crippen LogP contribution in [0.25, 0.3) is 0 Å². The molecule has 0 aliphatic heterocycles. The quantitative estimate of drug-likeness (QED) is 0.0862. The van der Waals surface area contributed by atoms with Gasteiger partial charge in [0.2, 0.25) is 0 Å². The highest BCUT2D eigenvalue weighted by Gasteiger charge is 2.17. The van der Waals surface area contributed by atoms with Crippen molar-refractivity contribution in [3.05, 3.63) is 0 Å². The molecule has 34 heavy (non-hydrogen) atoms. The number of hydrogen-bond acceptors (Lipinski definition) is 2. The molecule has 0 fully saturated rings. The van der Waals surface area contributed by atoms with Crippen molar-refractivity contribution in [2.24, 2.45) is 11.8 Å². The molecule has 0 amide bonds. The minimum Gasteiger partial charge on any atom is -0.465 e. The van der Waals surface area contributed by atoms with E-state index in [1.165, 1.54) is 135 Å². The number of unbranched alkanes of at least 4 members (excludes halogenated alkanes) is 18. The van der Waals surface area contributed by atoms with Crippen LogP contribution in [0.2, 0.25) is 0 Å². The summed E-state index contributed by atoms with van der Waals surface area (Å²) in [6, 6.07) is 0. The molecule has 2 unspecified atom stereocenters. The molecule has 0 radical (unpaired) electrons. The topological polar surface area (TPSA) is 26.3 Å². The standard InChI is InChI=1S/C32H64O2/c1-5-8-11-13-15-17-19-21-23-25-28-31(29-34-32(33)30(4)26-10-7-3)27-24-22-20-18-16-14-12-9-6-2/h30-31H,5-29H2,1-4H3. The molecule has 0 spiro atoms. The molecule has 2 nitrogen and oxygen atoms in total. The van der Waals surface area contributed by atoms with Crippen LogP contribution in [0.5, 0.6) is 0 Å². The summed E-state index contributed by atoms with van der Waals surface area (Å²) in [5.74, 6) is 0.667. The second-order valence-corrected chi connectivity index (χ2v) is 11.1. The predicted molar refractivity (Wildman–Crippen MR) is 151 cm³/mol. The predicted octanol–water partition coefficient (Wildman–Crippen LogP) is 11.2. The first-order valence-electron chi connectivity index (χ1n) is 15.8. The Morgan fingerprint density at radius 1 is 0.500 bits per heavy atom. The molecule has 0 aromatic heterocycles. The number of carbonyl (C=O) groups is 1. The first kappa shape index (κ1) is 33.5. The highest BCUT2D eigenvalue weighted by molar-refractivity contribution is 5.71. The summed E-state index contributed by atoms with van der Waals surface area (Å²) in [4.78, 5) is 12.4. The molecule has 204 valence electrons. The zero-order valence-electron chi connectivity index (χ0n) is 24.1. The van der Waals surface area contributed by atoms with Crippen LogP contribution >= 0.6 is 0 Å². The van der Waals surface area contributed by atoms with E-state index in [9.17, 15) is 4.79 Å². The Kier molecular flexibility index (Phi) is 26.6. The average molecular weight is 481 g/mol. The van der Waals surface area contributed by atoms with Crippen molar-refractivity contribution in [2.45, 2.75) is 182 Å². The molecular weight excluding hydrogens is 416 g/mol. The van der Waals surface area contributed by atoms with E-state index in [1.807, 2.05) is 6.92 Å². The van der Waals surface area contributed by atoms with E-state index in [4.69, 9.17) is 4.74 Å². The lowest BCUT2D eigenvalue weighted by atomic mass is 9.94. The molecule has 0 saturated heterocycles. The fraction of sp³-hybridized carbons (Fsp3) is 0.969. The lowest BCUT2D eigenvalue weighted by Gasteiger charge is -2.19. The van der Waals surface area contributed by atoms with Gasteiger partial charge in [-0.25, -0.2) is 0 Å². The molecular formula is C32H64O2. The van der Waals surface area contributed by atoms with E-state index in [-0.39, 0.29) is 11.9 Å². The Morgan fingerprint density at radius 3 is 1.24 bits per heavy atom. The first-order valence-corrected chi connectivity index (χ1v) is 15.8. The summed E-state index contributed by atoms with van der Waals surface area (Å²) in [7, 11) is 0. The highest BCUT2D eigenvalue weighted by atomic mass is 16.5. The van der Waals surface area contributed by atoms with Gasteiger partial charge < -0.3 is 4.74 Å². The van der Waals surface area contributed by atoms with Gasteiger partial charge >= 0.3 is 5.97 Å². The molecule has 0 aliphatic carbocycles. The molecule has 2 atom stereocenters. The molecule has 0 aromatic carbocycles. The number of carbonyl (C=O) groups excluding carboxylic acids is 1. The van der Waals surface area contributed by atoms with Crippen molar-refractivity contribution in [1.82, 2.24) is 0 Å². The third-order valence-electron chi connectivity index (χ3n) is 7.54. The van der Waals surface area contributed by atoms with Crippen LogP contribution in [0.3, 0.4) is 0 Å². The van der Waals surface area contributed by atoms with Gasteiger partial charge in [-0.3, -0.25) is 4.79 Å². The molecule has 0 aliphatic rings. The number of rotatable bonds is 27. The number of hydrogen-bond donors (Lipinski definition) is 0. The van der Waals surface area contributed by atoms with Gasteiger partial charge in [0.25, 0.3) is 0 Å². The normalized spacial score (nSPS) is 13.2. The van der Waals surface area contributed by atoms with Crippen LogP contribution in [0, 0.1) is 11.8 Å². The van der Waals surface area contributed by atoms with Gasteiger partial charge in [-0.2, -0.15) is 0 Å². The second-order valence-electron chi connectivity index (χ2n) is 11.1. The van der Waals surface area contributed by atoms with Crippen LogP contribution in [0.4, 0.5) is 0 Å². The van der Waals surface area contributed by atoms with Crippen molar-refractivity contribution in [2.75, 3.05) is 6.61 Å². The fourth-order valence-electron chi connectivity index (χ4n) is 4.95. The van der Waals surface area contributed by atoms with Crippen molar-refractivity contribution >= 4 is 5.97 Å². The van der Waals surface area contributed by atoms with Gasteiger partial charge in [0.15, 0.2) is 0 Å². The molecule has 0 N–H and O–H groups in total. The summed E-state index contributed by atoms with van der Waals surface area (Å²) < 4.78 is 5.80. The Hall–Kier alpha value is -0.530. The van der Waals surface area contributed by atoms with Crippen LogP contribution < -0.4 is 0 Å². The first-order chi connectivity index (χ1) is 16.7. The monoisotopic (exact) mass is 480 g/mol. The number of ether oxygens (including phenoxy) is 1. The number of esters is 1. The van der Waals surface area contributed by atoms with Crippen molar-refractivity contribution in [3.8, 4) is 0 Å². The average Bonchev–Trinajstić information content (AvgIpc) is 2.85. The molecule has 0 heterocycles. The second kappa shape index (κ2) is 27.1. The van der Waals surface area contributed by atoms with Gasteiger partial charge in [-0.1, -0.05) is 163 Å². The van der Waals surface area contributed by atoms with Crippen LogP contribution in [-0.4, -0.2) is 12.6 Å². The Bertz CT molecular complexity index is 406. The molecule has 2 heteroatoms. The van der Waals surface area contributed by atoms with Gasteiger partial charge in [-0.15, -0.1) is 0 Å². The van der Waals surface area contributed by atoms with Crippen molar-refractivity contribution in [1.29, 1.82) is 0 Å². The van der Waals surface area contributed by atoms with Crippen molar-refractivity contribution in [3.63, 3.8) is 0 Å². The Balaban J connectivity index is 4.07. The largest absolute Gasteiger partial charge is 0.465 e. The summed E-state index contributed by atoms with van der Waals surface area (Å²) in [6.07, 6.45) is 32.0. The SMILES string of the molecule is CCCCCCCCCCCCC(CCCCCCCCCCC)COC(=O)C(C)CCCC. The molecule has 0 saturated carbocycles. The van der Waals surface area contributed by atoms with Crippen LogP contribution in [0.15, 0.2) is 0 Å². The van der Waals surface area contributed by atoms with Gasteiger partial charge in [0.1, 0.15) is 0 Å². The maximum absolute atomic E-state index is 12.4. The maximum atomic E-state index is 12.4. The summed E-state index contributed by atoms with van der Waals surface area (Å²) >= 11 is 0. The molecule has 0 bridgehead atoms. The molecule has 0 rings (SSSR count). The van der Waals surface area contributed by atoms with Crippen LogP contribution in [0.1, 0.15) is 182 Å². The third-order valence-corrected chi connectivity index (χ3v) is 7.54. The zero-order valence-corrected chi connectivity index (χ0v) is 24.1. The van der Waals surface area contributed by atoms with Crippen LogP contribution in [-0.2, 0) is 9.53 Å². The third kappa shape index (κ3) is 23.2. The van der Waals surface area contributed by atoms with E-state index in [0.29, 0.717) is 12.5 Å². The van der Waals surface area contributed by atoms with E-state index in [0.717, 1.165) is 19.3 Å². The van der Waals surface area contributed by atoms with E-state index in [2.05, 4.69) is 20.8 Å². The van der Waals surface area contributed by atoms with Gasteiger partial charge in [-0.05, 0) is 25.2 Å². The van der Waals surface area contributed by atoms with Gasteiger partial charge in [0.05, 0.1) is 12.5 Å². The zero-order chi connectivity index (χ0) is 25.1. The highest BCUT2D eigenvalue weighted by Crippen LogP contribution is 2.21. The lowest BCUT2D eigenvalue weighted by Crippen LogP contribution is -2.19. The van der Waals surface area contributed by atoms with E-state index in [1.54, 1.807) is 0 Å². The maximum Gasteiger partial charge on any atom is 0.308 e. The minimum absolute atomic E-state index is 0.0357. The Morgan fingerprint density at radius 2 is 0.853 bits per heavy atom. The lowest BCUT2D eigenvalue weighted by molar-refractivity contribution is -0.149. The van der Waals surface area contributed by atoms with Crippen molar-refractivity contribution < 1.29 is 9.53 Å². The summed E-state index contributed by atoms with van der Waals surface area (Å²) in [6.45, 7) is 9.46. The summed E-state index contributed by atoms with van der Waals surface area (Å²) in [5, 5.41) is 0. The summed E-state index contributed by atoms with van der Waals surface area (Å²) in [5.41, 5.74) is 0. The smallest absolute Gasteiger partial charge is 0.308 e. The Labute approximate surface area is 215 Å².